The summed E-state index contributed by atoms with van der Waals surface area (Å²) in [6.07, 6.45) is 0. The lowest BCUT2D eigenvalue weighted by Gasteiger charge is -2.07. The van der Waals surface area contributed by atoms with Crippen LogP contribution >= 0.6 is 39.1 Å². The summed E-state index contributed by atoms with van der Waals surface area (Å²) in [5, 5.41) is 3.23. The summed E-state index contributed by atoms with van der Waals surface area (Å²) in [4.78, 5) is 11.7. The van der Waals surface area contributed by atoms with Crippen molar-refractivity contribution < 1.29 is 4.74 Å². The minimum Gasteiger partial charge on any atom is -0.423 e. The van der Waals surface area contributed by atoms with E-state index in [4.69, 9.17) is 27.9 Å². The predicted octanol–water partition coefficient (Wildman–Crippen LogP) is 3.77. The van der Waals surface area contributed by atoms with Gasteiger partial charge in [0.2, 0.25) is 11.2 Å². The van der Waals surface area contributed by atoms with Gasteiger partial charge < -0.3 is 10.1 Å². The highest BCUT2D eigenvalue weighted by molar-refractivity contribution is 9.10. The zero-order valence-corrected chi connectivity index (χ0v) is 12.2. The Hall–Kier alpha value is -1.11. The highest BCUT2D eigenvalue weighted by Crippen LogP contribution is 2.30. The fraction of sp³-hybridized carbons (Fsp3) is 0.100. The third-order valence-corrected chi connectivity index (χ3v) is 2.86. The molecule has 0 unspecified atom stereocenters. The van der Waals surface area contributed by atoms with Crippen molar-refractivity contribution in [3.63, 3.8) is 0 Å². The molecule has 1 heterocycles. The van der Waals surface area contributed by atoms with Crippen LogP contribution in [0.5, 0.6) is 11.8 Å². The van der Waals surface area contributed by atoms with E-state index >= 15 is 0 Å². The summed E-state index contributed by atoms with van der Waals surface area (Å²) in [5.74, 6) is 0.752. The van der Waals surface area contributed by atoms with Crippen molar-refractivity contribution in [2.24, 2.45) is 0 Å². The molecule has 18 heavy (non-hydrogen) atoms. The van der Waals surface area contributed by atoms with Crippen molar-refractivity contribution in [3.05, 3.63) is 33.0 Å². The summed E-state index contributed by atoms with van der Waals surface area (Å²) >= 11 is 15.1. The molecular formula is C10H7BrCl2N4O. The van der Waals surface area contributed by atoms with Crippen molar-refractivity contribution in [2.45, 2.75) is 0 Å². The molecule has 0 saturated carbocycles. The molecular weight excluding hydrogens is 343 g/mol. The Morgan fingerprint density at radius 2 is 2.00 bits per heavy atom. The minimum absolute atomic E-state index is 0.0394. The van der Waals surface area contributed by atoms with E-state index < -0.39 is 0 Å². The summed E-state index contributed by atoms with van der Waals surface area (Å²) in [6.45, 7) is 0. The molecule has 0 atom stereocenters. The highest BCUT2D eigenvalue weighted by Gasteiger charge is 2.09. The maximum atomic E-state index is 6.02. The molecule has 0 amide bonds. The van der Waals surface area contributed by atoms with Crippen molar-refractivity contribution >= 4 is 45.1 Å². The van der Waals surface area contributed by atoms with Crippen LogP contribution in [0.4, 0.5) is 5.95 Å². The van der Waals surface area contributed by atoms with Crippen LogP contribution in [0.25, 0.3) is 0 Å². The third-order valence-electron chi connectivity index (χ3n) is 1.91. The van der Waals surface area contributed by atoms with Gasteiger partial charge in [0.05, 0.1) is 5.02 Å². The molecule has 0 radical (unpaired) electrons. The van der Waals surface area contributed by atoms with Crippen molar-refractivity contribution in [1.82, 2.24) is 15.0 Å². The maximum Gasteiger partial charge on any atom is 0.328 e. The van der Waals surface area contributed by atoms with Crippen LogP contribution in [-0.2, 0) is 0 Å². The van der Waals surface area contributed by atoms with E-state index in [0.717, 1.165) is 4.47 Å². The Kier molecular flexibility index (Phi) is 4.21. The number of nitrogens with one attached hydrogen (secondary N) is 1. The van der Waals surface area contributed by atoms with Gasteiger partial charge >= 0.3 is 6.01 Å². The number of nitrogens with zero attached hydrogens (tertiary/aromatic N) is 3. The second-order valence-corrected chi connectivity index (χ2v) is 4.80. The number of ether oxygens (including phenoxy) is 1. The Morgan fingerprint density at radius 3 is 2.67 bits per heavy atom. The number of rotatable bonds is 3. The molecule has 8 heteroatoms. The number of benzene rings is 1. The molecule has 2 aromatic rings. The molecule has 1 aromatic carbocycles. The van der Waals surface area contributed by atoms with Crippen LogP contribution in [0.3, 0.4) is 0 Å². The first-order chi connectivity index (χ1) is 8.58. The van der Waals surface area contributed by atoms with Gasteiger partial charge in [-0.25, -0.2) is 0 Å². The van der Waals surface area contributed by atoms with Crippen LogP contribution in [0, 0.1) is 0 Å². The summed E-state index contributed by atoms with van der Waals surface area (Å²) in [7, 11) is 1.67. The van der Waals surface area contributed by atoms with Gasteiger partial charge in [-0.15, -0.1) is 0 Å². The zero-order valence-electron chi connectivity index (χ0n) is 9.12. The standard InChI is InChI=1S/C10H7BrCl2N4O/c1-14-9-15-8(13)16-10(17-9)18-7-3-2-5(11)4-6(7)12/h2-4H,1H3,(H,14,15,16,17). The summed E-state index contributed by atoms with van der Waals surface area (Å²) in [5.41, 5.74) is 0. The number of hydrogen-bond donors (Lipinski definition) is 1. The predicted molar refractivity (Wildman–Crippen MR) is 73.6 cm³/mol. The molecule has 1 aromatic heterocycles. The molecule has 0 spiro atoms. The van der Waals surface area contributed by atoms with E-state index in [9.17, 15) is 0 Å². The first-order valence-electron chi connectivity index (χ1n) is 4.80. The molecule has 0 saturated heterocycles. The van der Waals surface area contributed by atoms with E-state index in [1.54, 1.807) is 25.2 Å². The van der Waals surface area contributed by atoms with Crippen molar-refractivity contribution in [3.8, 4) is 11.8 Å². The van der Waals surface area contributed by atoms with E-state index in [1.165, 1.54) is 0 Å². The Balaban J connectivity index is 2.30. The number of hydrogen-bond acceptors (Lipinski definition) is 5. The lowest BCUT2D eigenvalue weighted by Crippen LogP contribution is -2.01. The highest BCUT2D eigenvalue weighted by atomic mass is 79.9. The van der Waals surface area contributed by atoms with Crippen LogP contribution < -0.4 is 10.1 Å². The average molecular weight is 350 g/mol. The van der Waals surface area contributed by atoms with Crippen LogP contribution in [0.1, 0.15) is 0 Å². The monoisotopic (exact) mass is 348 g/mol. The van der Waals surface area contributed by atoms with Crippen LogP contribution in [-0.4, -0.2) is 22.0 Å². The largest absolute Gasteiger partial charge is 0.423 e. The second kappa shape index (κ2) is 5.69. The summed E-state index contributed by atoms with van der Waals surface area (Å²) in [6, 6.07) is 5.27. The Morgan fingerprint density at radius 1 is 1.22 bits per heavy atom. The van der Waals surface area contributed by atoms with E-state index in [2.05, 4.69) is 36.2 Å². The van der Waals surface area contributed by atoms with E-state index in [1.807, 2.05) is 0 Å². The lowest BCUT2D eigenvalue weighted by atomic mass is 10.3. The van der Waals surface area contributed by atoms with Gasteiger partial charge in [-0.3, -0.25) is 0 Å². The van der Waals surface area contributed by atoms with Crippen molar-refractivity contribution in [1.29, 1.82) is 0 Å². The summed E-state index contributed by atoms with van der Waals surface area (Å²) < 4.78 is 6.30. The minimum atomic E-state index is 0.0394. The molecule has 5 nitrogen and oxygen atoms in total. The topological polar surface area (TPSA) is 59.9 Å². The van der Waals surface area contributed by atoms with Gasteiger partial charge in [0, 0.05) is 11.5 Å². The molecule has 2 rings (SSSR count). The maximum absolute atomic E-state index is 6.02. The van der Waals surface area contributed by atoms with Gasteiger partial charge in [0.25, 0.3) is 0 Å². The molecule has 0 bridgehead atoms. The van der Waals surface area contributed by atoms with Crippen LogP contribution in [0.2, 0.25) is 10.3 Å². The van der Waals surface area contributed by atoms with Gasteiger partial charge in [-0.05, 0) is 29.8 Å². The smallest absolute Gasteiger partial charge is 0.328 e. The van der Waals surface area contributed by atoms with Gasteiger partial charge in [0.1, 0.15) is 5.75 Å². The molecule has 1 N–H and O–H groups in total. The third kappa shape index (κ3) is 3.22. The van der Waals surface area contributed by atoms with Gasteiger partial charge in [-0.2, -0.15) is 15.0 Å². The SMILES string of the molecule is CNc1nc(Cl)nc(Oc2ccc(Br)cc2Cl)n1. The average Bonchev–Trinajstić information content (AvgIpc) is 2.32. The fourth-order valence-electron chi connectivity index (χ4n) is 1.15. The fourth-order valence-corrected chi connectivity index (χ4v) is 2.01. The molecule has 0 aliphatic heterocycles. The molecule has 0 aliphatic carbocycles. The zero-order chi connectivity index (χ0) is 13.1. The van der Waals surface area contributed by atoms with E-state index in [-0.39, 0.29) is 11.3 Å². The first kappa shape index (κ1) is 13.3. The number of aromatic nitrogens is 3. The molecule has 0 fully saturated rings. The molecule has 94 valence electrons. The Labute approximate surface area is 122 Å². The number of halogens is 3. The molecule has 0 aliphatic rings. The Bertz CT molecular complexity index is 582. The van der Waals surface area contributed by atoms with Crippen LogP contribution in [0.15, 0.2) is 22.7 Å². The normalized spacial score (nSPS) is 10.2. The lowest BCUT2D eigenvalue weighted by molar-refractivity contribution is 0.440. The first-order valence-corrected chi connectivity index (χ1v) is 6.35. The van der Waals surface area contributed by atoms with Gasteiger partial charge in [0.15, 0.2) is 0 Å². The van der Waals surface area contributed by atoms with Crippen molar-refractivity contribution in [2.75, 3.05) is 12.4 Å². The van der Waals surface area contributed by atoms with E-state index in [0.29, 0.717) is 16.7 Å². The van der Waals surface area contributed by atoms with Gasteiger partial charge in [-0.1, -0.05) is 27.5 Å². The number of anilines is 1. The second-order valence-electron chi connectivity index (χ2n) is 3.14. The quantitative estimate of drug-likeness (QED) is 0.913.